The Morgan fingerprint density at radius 3 is 2.76 bits per heavy atom. The Hall–Kier alpha value is -1.22. The third-order valence-electron chi connectivity index (χ3n) is 3.32. The quantitative estimate of drug-likeness (QED) is 0.810. The average Bonchev–Trinajstić information content (AvgIpc) is 3.07. The van der Waals surface area contributed by atoms with Gasteiger partial charge in [0.15, 0.2) is 0 Å². The van der Waals surface area contributed by atoms with E-state index in [0.29, 0.717) is 18.0 Å². The van der Waals surface area contributed by atoms with Gasteiger partial charge in [0, 0.05) is 23.4 Å². The van der Waals surface area contributed by atoms with Gasteiger partial charge in [0.1, 0.15) is 5.75 Å². The molecule has 1 aromatic carbocycles. The van der Waals surface area contributed by atoms with E-state index in [1.807, 2.05) is 6.92 Å². The summed E-state index contributed by atoms with van der Waals surface area (Å²) in [6.07, 6.45) is 2.18. The third-order valence-corrected chi connectivity index (χ3v) is 3.89. The molecule has 1 fully saturated rings. The number of amides is 1. The highest BCUT2D eigenvalue weighted by Gasteiger charge is 2.41. The number of phenolic OH excluding ortho intramolecular Hbond substituents is 1. The molecule has 1 aliphatic rings. The molecule has 0 bridgehead atoms. The topological polar surface area (TPSA) is 49.3 Å². The van der Waals surface area contributed by atoms with Crippen molar-refractivity contribution in [3.8, 4) is 5.75 Å². The van der Waals surface area contributed by atoms with Crippen molar-refractivity contribution in [2.75, 3.05) is 12.4 Å². The molecule has 2 rings (SSSR count). The number of carbonyl (C=O) groups is 1. The van der Waals surface area contributed by atoms with Crippen molar-refractivity contribution in [1.82, 2.24) is 5.32 Å². The number of aromatic hydroxyl groups is 1. The van der Waals surface area contributed by atoms with E-state index in [9.17, 15) is 9.90 Å². The summed E-state index contributed by atoms with van der Waals surface area (Å²) in [5, 5.41) is 12.2. The number of aryl methyl sites for hydroxylation is 1. The summed E-state index contributed by atoms with van der Waals surface area (Å²) < 4.78 is 0. The summed E-state index contributed by atoms with van der Waals surface area (Å²) in [4.78, 5) is 11.9. The van der Waals surface area contributed by atoms with E-state index in [-0.39, 0.29) is 17.1 Å². The molecule has 1 saturated carbocycles. The zero-order chi connectivity index (χ0) is 12.5. The van der Waals surface area contributed by atoms with Gasteiger partial charge in [-0.25, -0.2) is 0 Å². The Morgan fingerprint density at radius 2 is 2.24 bits per heavy atom. The molecule has 0 unspecified atom stereocenters. The molecular formula is C13H16ClNO2. The molecule has 1 amide bonds. The van der Waals surface area contributed by atoms with Gasteiger partial charge >= 0.3 is 0 Å². The molecule has 3 nitrogen and oxygen atoms in total. The van der Waals surface area contributed by atoms with Crippen molar-refractivity contribution in [2.45, 2.75) is 19.8 Å². The number of alkyl halides is 1. The number of rotatable bonds is 4. The lowest BCUT2D eigenvalue weighted by Crippen LogP contribution is -2.31. The van der Waals surface area contributed by atoms with E-state index in [4.69, 9.17) is 11.6 Å². The maximum absolute atomic E-state index is 11.9. The molecule has 0 aliphatic heterocycles. The van der Waals surface area contributed by atoms with Gasteiger partial charge < -0.3 is 10.4 Å². The lowest BCUT2D eigenvalue weighted by molar-refractivity contribution is 0.0946. The highest BCUT2D eigenvalue weighted by Crippen LogP contribution is 2.45. The highest BCUT2D eigenvalue weighted by atomic mass is 35.5. The maximum atomic E-state index is 11.9. The van der Waals surface area contributed by atoms with Gasteiger partial charge in [-0.2, -0.15) is 0 Å². The number of nitrogens with one attached hydrogen (secondary N) is 1. The standard InChI is InChI=1S/C13H16ClNO2/c1-9-6-10(16)2-3-11(9)12(17)15-8-13(7-14)4-5-13/h2-3,6,16H,4-5,7-8H2,1H3,(H,15,17). The van der Waals surface area contributed by atoms with Crippen LogP contribution >= 0.6 is 11.6 Å². The number of phenols is 1. The van der Waals surface area contributed by atoms with Crippen LogP contribution in [0.15, 0.2) is 18.2 Å². The molecule has 0 spiro atoms. The number of carbonyl (C=O) groups excluding carboxylic acids is 1. The van der Waals surface area contributed by atoms with E-state index in [1.54, 1.807) is 12.1 Å². The first-order valence-corrected chi connectivity index (χ1v) is 6.24. The zero-order valence-corrected chi connectivity index (χ0v) is 10.5. The summed E-state index contributed by atoms with van der Waals surface area (Å²) in [5.74, 6) is 0.680. The van der Waals surface area contributed by atoms with Crippen molar-refractivity contribution in [3.05, 3.63) is 29.3 Å². The lowest BCUT2D eigenvalue weighted by atomic mass is 10.1. The van der Waals surface area contributed by atoms with Crippen LogP contribution in [0.2, 0.25) is 0 Å². The average molecular weight is 254 g/mol. The number of hydrogen-bond acceptors (Lipinski definition) is 2. The van der Waals surface area contributed by atoms with Gasteiger partial charge in [0.05, 0.1) is 0 Å². The summed E-state index contributed by atoms with van der Waals surface area (Å²) in [6, 6.07) is 4.75. The third kappa shape index (κ3) is 2.72. The van der Waals surface area contributed by atoms with Crippen molar-refractivity contribution < 1.29 is 9.90 Å². The van der Waals surface area contributed by atoms with Crippen molar-refractivity contribution >= 4 is 17.5 Å². The van der Waals surface area contributed by atoms with Crippen LogP contribution in [0, 0.1) is 12.3 Å². The lowest BCUT2D eigenvalue weighted by Gasteiger charge is -2.13. The normalized spacial score (nSPS) is 16.6. The molecule has 0 aromatic heterocycles. The summed E-state index contributed by atoms with van der Waals surface area (Å²) in [6.45, 7) is 2.44. The predicted octanol–water partition coefficient (Wildman–Crippen LogP) is 2.45. The molecule has 4 heteroatoms. The number of halogens is 1. The minimum Gasteiger partial charge on any atom is -0.508 e. The van der Waals surface area contributed by atoms with Gasteiger partial charge in [-0.15, -0.1) is 11.6 Å². The number of hydrogen-bond donors (Lipinski definition) is 2. The van der Waals surface area contributed by atoms with E-state index >= 15 is 0 Å². The molecule has 92 valence electrons. The minimum atomic E-state index is -0.0982. The second kappa shape index (κ2) is 4.57. The molecule has 0 atom stereocenters. The number of benzene rings is 1. The zero-order valence-electron chi connectivity index (χ0n) is 9.79. The Morgan fingerprint density at radius 1 is 1.53 bits per heavy atom. The SMILES string of the molecule is Cc1cc(O)ccc1C(=O)NCC1(CCl)CC1. The largest absolute Gasteiger partial charge is 0.508 e. The van der Waals surface area contributed by atoms with E-state index in [1.165, 1.54) is 6.07 Å². The van der Waals surface area contributed by atoms with Crippen LogP contribution in [0.25, 0.3) is 0 Å². The van der Waals surface area contributed by atoms with E-state index in [0.717, 1.165) is 18.4 Å². The Balaban J connectivity index is 2.00. The van der Waals surface area contributed by atoms with Gasteiger partial charge in [-0.1, -0.05) is 0 Å². The van der Waals surface area contributed by atoms with Crippen molar-refractivity contribution in [1.29, 1.82) is 0 Å². The summed E-state index contributed by atoms with van der Waals surface area (Å²) >= 11 is 5.85. The fourth-order valence-electron chi connectivity index (χ4n) is 1.80. The predicted molar refractivity (Wildman–Crippen MR) is 67.6 cm³/mol. The second-order valence-electron chi connectivity index (χ2n) is 4.82. The van der Waals surface area contributed by atoms with Gasteiger partial charge in [0.2, 0.25) is 0 Å². The van der Waals surface area contributed by atoms with Gasteiger partial charge in [-0.3, -0.25) is 4.79 Å². The Labute approximate surface area is 106 Å². The van der Waals surface area contributed by atoms with E-state index < -0.39 is 0 Å². The summed E-state index contributed by atoms with van der Waals surface area (Å²) in [7, 11) is 0. The van der Waals surface area contributed by atoms with Crippen LogP contribution in [0.1, 0.15) is 28.8 Å². The van der Waals surface area contributed by atoms with Crippen LogP contribution in [-0.2, 0) is 0 Å². The first-order chi connectivity index (χ1) is 8.06. The molecule has 17 heavy (non-hydrogen) atoms. The molecule has 0 radical (unpaired) electrons. The van der Waals surface area contributed by atoms with Crippen molar-refractivity contribution in [2.24, 2.45) is 5.41 Å². The van der Waals surface area contributed by atoms with Crippen LogP contribution in [-0.4, -0.2) is 23.4 Å². The smallest absolute Gasteiger partial charge is 0.251 e. The highest BCUT2D eigenvalue weighted by molar-refractivity contribution is 6.18. The molecule has 1 aliphatic carbocycles. The summed E-state index contributed by atoms with van der Waals surface area (Å²) in [5.41, 5.74) is 1.51. The minimum absolute atomic E-state index is 0.0982. The van der Waals surface area contributed by atoms with Gasteiger partial charge in [0.25, 0.3) is 5.91 Å². The molecular weight excluding hydrogens is 238 g/mol. The van der Waals surface area contributed by atoms with Crippen molar-refractivity contribution in [3.63, 3.8) is 0 Å². The Bertz CT molecular complexity index is 441. The molecule has 0 heterocycles. The van der Waals surface area contributed by atoms with Gasteiger partial charge in [-0.05, 0) is 43.5 Å². The molecule has 2 N–H and O–H groups in total. The fraction of sp³-hybridized carbons (Fsp3) is 0.462. The second-order valence-corrected chi connectivity index (χ2v) is 5.08. The molecule has 1 aromatic rings. The van der Waals surface area contributed by atoms with E-state index in [2.05, 4.69) is 5.32 Å². The maximum Gasteiger partial charge on any atom is 0.251 e. The monoisotopic (exact) mass is 253 g/mol. The van der Waals surface area contributed by atoms with Crippen LogP contribution < -0.4 is 5.32 Å². The Kier molecular flexibility index (Phi) is 3.29. The van der Waals surface area contributed by atoms with Crippen LogP contribution in [0.4, 0.5) is 0 Å². The fourth-order valence-corrected chi connectivity index (χ4v) is 2.16. The van der Waals surface area contributed by atoms with Crippen LogP contribution in [0.5, 0.6) is 5.75 Å². The molecule has 0 saturated heterocycles. The first kappa shape index (κ1) is 12.2. The van der Waals surface area contributed by atoms with Crippen LogP contribution in [0.3, 0.4) is 0 Å². The first-order valence-electron chi connectivity index (χ1n) is 5.70.